The van der Waals surface area contributed by atoms with Crippen LogP contribution in [0.25, 0.3) is 0 Å². The molecule has 1 aromatic carbocycles. The fourth-order valence-corrected chi connectivity index (χ4v) is 3.17. The molecule has 2 atom stereocenters. The number of halogens is 2. The summed E-state index contributed by atoms with van der Waals surface area (Å²) in [5.74, 6) is -0.653. The van der Waals surface area contributed by atoms with E-state index in [1.54, 1.807) is 31.2 Å². The van der Waals surface area contributed by atoms with E-state index in [9.17, 15) is 4.79 Å². The van der Waals surface area contributed by atoms with Gasteiger partial charge in [-0.3, -0.25) is 4.79 Å². The van der Waals surface area contributed by atoms with E-state index in [0.29, 0.717) is 17.1 Å². The molecule has 3 rings (SSSR count). The SMILES string of the molecule is CC(CC(=O)O)N[C@@H](c1ccc(Cl)c(Oc2ccc(N)nc2)c1F)C1CC1. The van der Waals surface area contributed by atoms with Crippen LogP contribution < -0.4 is 15.8 Å². The molecule has 1 saturated carbocycles. The van der Waals surface area contributed by atoms with Crippen molar-refractivity contribution in [2.45, 2.75) is 38.3 Å². The maximum absolute atomic E-state index is 15.2. The number of benzene rings is 1. The highest BCUT2D eigenvalue weighted by Gasteiger charge is 2.36. The summed E-state index contributed by atoms with van der Waals surface area (Å²) in [5, 5.41) is 12.4. The zero-order chi connectivity index (χ0) is 19.6. The first-order valence-electron chi connectivity index (χ1n) is 8.70. The molecule has 1 aromatic heterocycles. The summed E-state index contributed by atoms with van der Waals surface area (Å²) in [6.07, 6.45) is 3.26. The lowest BCUT2D eigenvalue weighted by Gasteiger charge is -2.24. The summed E-state index contributed by atoms with van der Waals surface area (Å²) in [4.78, 5) is 14.9. The molecule has 6 nitrogen and oxygen atoms in total. The number of hydrogen-bond acceptors (Lipinski definition) is 5. The van der Waals surface area contributed by atoms with Gasteiger partial charge in [0.1, 0.15) is 11.6 Å². The van der Waals surface area contributed by atoms with E-state index in [2.05, 4.69) is 10.3 Å². The Morgan fingerprint density at radius 1 is 1.44 bits per heavy atom. The number of aromatic nitrogens is 1. The van der Waals surface area contributed by atoms with Crippen molar-refractivity contribution in [3.8, 4) is 11.5 Å². The maximum Gasteiger partial charge on any atom is 0.304 e. The van der Waals surface area contributed by atoms with Gasteiger partial charge in [-0.25, -0.2) is 9.37 Å². The Labute approximate surface area is 161 Å². The molecule has 27 heavy (non-hydrogen) atoms. The number of anilines is 1. The van der Waals surface area contributed by atoms with Gasteiger partial charge < -0.3 is 20.9 Å². The highest BCUT2D eigenvalue weighted by atomic mass is 35.5. The van der Waals surface area contributed by atoms with Gasteiger partial charge in [0.15, 0.2) is 11.6 Å². The van der Waals surface area contributed by atoms with Crippen molar-refractivity contribution in [2.24, 2.45) is 5.92 Å². The van der Waals surface area contributed by atoms with Gasteiger partial charge in [0.25, 0.3) is 0 Å². The molecule has 4 N–H and O–H groups in total. The summed E-state index contributed by atoms with van der Waals surface area (Å²) in [7, 11) is 0. The predicted octanol–water partition coefficient (Wildman–Crippen LogP) is 4.15. The number of carbonyl (C=O) groups is 1. The number of aliphatic carboxylic acids is 1. The van der Waals surface area contributed by atoms with E-state index in [1.807, 2.05) is 0 Å². The summed E-state index contributed by atoms with van der Waals surface area (Å²) < 4.78 is 20.8. The minimum atomic E-state index is -0.902. The third kappa shape index (κ3) is 4.87. The van der Waals surface area contributed by atoms with Crippen LogP contribution in [-0.4, -0.2) is 22.1 Å². The smallest absolute Gasteiger partial charge is 0.304 e. The van der Waals surface area contributed by atoms with Crippen molar-refractivity contribution in [1.29, 1.82) is 0 Å². The Balaban J connectivity index is 1.88. The Morgan fingerprint density at radius 3 is 2.78 bits per heavy atom. The number of pyridine rings is 1. The molecule has 1 fully saturated rings. The van der Waals surface area contributed by atoms with Crippen molar-refractivity contribution in [3.05, 3.63) is 46.9 Å². The second kappa shape index (κ2) is 8.10. The van der Waals surface area contributed by atoms with Crippen LogP contribution in [0.5, 0.6) is 11.5 Å². The number of hydrogen-bond donors (Lipinski definition) is 3. The molecule has 0 radical (unpaired) electrons. The summed E-state index contributed by atoms with van der Waals surface area (Å²) in [6.45, 7) is 1.77. The summed E-state index contributed by atoms with van der Waals surface area (Å²) in [5.41, 5.74) is 5.96. The van der Waals surface area contributed by atoms with Crippen LogP contribution in [0, 0.1) is 11.7 Å². The van der Waals surface area contributed by atoms with Crippen molar-refractivity contribution in [1.82, 2.24) is 10.3 Å². The molecule has 2 aromatic rings. The monoisotopic (exact) mass is 393 g/mol. The number of nitrogen functional groups attached to an aromatic ring is 1. The lowest BCUT2D eigenvalue weighted by Crippen LogP contribution is -2.34. The number of rotatable bonds is 8. The molecule has 144 valence electrons. The van der Waals surface area contributed by atoms with E-state index in [4.69, 9.17) is 27.2 Å². The van der Waals surface area contributed by atoms with Gasteiger partial charge >= 0.3 is 5.97 Å². The van der Waals surface area contributed by atoms with Gasteiger partial charge in [-0.2, -0.15) is 0 Å². The standard InChI is InChI=1S/C19H21ClFN3O3/c1-10(8-16(25)26)24-18(11-2-3-11)13-5-6-14(20)19(17(13)21)27-12-4-7-15(22)23-9-12/h4-7,9-11,18,24H,2-3,8H2,1H3,(H2,22,23)(H,25,26)/t10?,18-/m1/s1. The average Bonchev–Trinajstić information content (AvgIpc) is 3.43. The minimum absolute atomic E-state index is 0.0428. The lowest BCUT2D eigenvalue weighted by atomic mass is 9.99. The van der Waals surface area contributed by atoms with Gasteiger partial charge in [-0.15, -0.1) is 0 Å². The van der Waals surface area contributed by atoms with Crippen LogP contribution in [0.15, 0.2) is 30.5 Å². The third-order valence-corrected chi connectivity index (χ3v) is 4.73. The van der Waals surface area contributed by atoms with Crippen LogP contribution in [0.1, 0.15) is 37.8 Å². The fourth-order valence-electron chi connectivity index (χ4n) is 2.99. The molecule has 0 spiro atoms. The highest BCUT2D eigenvalue weighted by Crippen LogP contribution is 2.45. The molecule has 1 aliphatic carbocycles. The first-order chi connectivity index (χ1) is 12.8. The molecule has 0 saturated heterocycles. The average molecular weight is 394 g/mol. The molecule has 8 heteroatoms. The topological polar surface area (TPSA) is 97.5 Å². The quantitative estimate of drug-likeness (QED) is 0.623. The zero-order valence-electron chi connectivity index (χ0n) is 14.8. The van der Waals surface area contributed by atoms with Crippen LogP contribution in [0.2, 0.25) is 5.02 Å². The van der Waals surface area contributed by atoms with E-state index in [-0.39, 0.29) is 35.2 Å². The van der Waals surface area contributed by atoms with E-state index < -0.39 is 11.8 Å². The number of nitrogens with two attached hydrogens (primary N) is 1. The van der Waals surface area contributed by atoms with E-state index in [0.717, 1.165) is 12.8 Å². The van der Waals surface area contributed by atoms with Gasteiger partial charge in [0.2, 0.25) is 0 Å². The molecule has 0 amide bonds. The van der Waals surface area contributed by atoms with Crippen LogP contribution in [0.3, 0.4) is 0 Å². The molecule has 1 unspecified atom stereocenters. The van der Waals surface area contributed by atoms with Gasteiger partial charge in [-0.1, -0.05) is 17.7 Å². The van der Waals surface area contributed by atoms with Crippen LogP contribution in [-0.2, 0) is 4.79 Å². The first-order valence-corrected chi connectivity index (χ1v) is 9.08. The van der Waals surface area contributed by atoms with E-state index in [1.165, 1.54) is 6.20 Å². The number of carboxylic acid groups (broad SMARTS) is 1. The molecular weight excluding hydrogens is 373 g/mol. The van der Waals surface area contributed by atoms with Gasteiger partial charge in [0, 0.05) is 17.6 Å². The number of nitrogens with one attached hydrogen (secondary N) is 1. The van der Waals surface area contributed by atoms with Crippen LogP contribution in [0.4, 0.5) is 10.2 Å². The zero-order valence-corrected chi connectivity index (χ0v) is 15.5. The fraction of sp³-hybridized carbons (Fsp3) is 0.368. The van der Waals surface area contributed by atoms with Crippen molar-refractivity contribution >= 4 is 23.4 Å². The van der Waals surface area contributed by atoms with Crippen molar-refractivity contribution < 1.29 is 19.0 Å². The van der Waals surface area contributed by atoms with Crippen molar-refractivity contribution in [3.63, 3.8) is 0 Å². The Kier molecular flexibility index (Phi) is 5.82. The molecular formula is C19H21ClFN3O3. The normalized spacial score (nSPS) is 16.0. The summed E-state index contributed by atoms with van der Waals surface area (Å²) >= 11 is 6.15. The largest absolute Gasteiger partial charge is 0.481 e. The van der Waals surface area contributed by atoms with Gasteiger partial charge in [-0.05, 0) is 43.9 Å². The Bertz CT molecular complexity index is 828. The van der Waals surface area contributed by atoms with E-state index >= 15 is 4.39 Å². The minimum Gasteiger partial charge on any atom is -0.481 e. The third-order valence-electron chi connectivity index (χ3n) is 4.43. The predicted molar refractivity (Wildman–Crippen MR) is 100 cm³/mol. The molecule has 1 heterocycles. The second-order valence-corrected chi connectivity index (χ2v) is 7.19. The number of carboxylic acids is 1. The first kappa shape index (κ1) is 19.4. The maximum atomic E-state index is 15.2. The summed E-state index contributed by atoms with van der Waals surface area (Å²) in [6, 6.07) is 5.73. The molecule has 1 aliphatic rings. The Morgan fingerprint density at radius 2 is 2.19 bits per heavy atom. The molecule has 0 aliphatic heterocycles. The van der Waals surface area contributed by atoms with Crippen LogP contribution >= 0.6 is 11.6 Å². The van der Waals surface area contributed by atoms with Gasteiger partial charge in [0.05, 0.1) is 17.6 Å². The van der Waals surface area contributed by atoms with Crippen molar-refractivity contribution in [2.75, 3.05) is 5.73 Å². The lowest BCUT2D eigenvalue weighted by molar-refractivity contribution is -0.137. The Hall–Kier alpha value is -2.38. The second-order valence-electron chi connectivity index (χ2n) is 6.78. The highest BCUT2D eigenvalue weighted by molar-refractivity contribution is 6.32. The number of nitrogens with zero attached hydrogens (tertiary/aromatic N) is 1. The molecule has 0 bridgehead atoms. The number of ether oxygens (including phenoxy) is 1.